The predicted molar refractivity (Wildman–Crippen MR) is 181 cm³/mol. The van der Waals surface area contributed by atoms with E-state index < -0.39 is 22.6 Å². The normalized spacial score (nSPS) is 26.9. The summed E-state index contributed by atoms with van der Waals surface area (Å²) in [6.45, 7) is 8.51. The van der Waals surface area contributed by atoms with Gasteiger partial charge in [-0.15, -0.1) is 24.9 Å². The largest absolute Gasteiger partial charge is 0.396 e. The van der Waals surface area contributed by atoms with Gasteiger partial charge in [0.2, 0.25) is 11.8 Å². The first-order chi connectivity index (χ1) is 21.4. The minimum Gasteiger partial charge on any atom is -0.396 e. The van der Waals surface area contributed by atoms with Crippen molar-refractivity contribution in [2.24, 2.45) is 11.8 Å². The van der Waals surface area contributed by atoms with E-state index >= 15 is 0 Å². The number of hydrogen-bond acceptors (Lipinski definition) is 5. The minimum atomic E-state index is -0.796. The second-order valence-electron chi connectivity index (χ2n) is 11.6. The molecule has 228 valence electrons. The van der Waals surface area contributed by atoms with Crippen LogP contribution >= 0.6 is 27.7 Å². The maximum atomic E-state index is 14.8. The first-order valence-corrected chi connectivity index (χ1v) is 16.8. The molecule has 3 aromatic rings. The van der Waals surface area contributed by atoms with Crippen molar-refractivity contribution in [1.82, 2.24) is 4.90 Å². The molecule has 3 fully saturated rings. The van der Waals surface area contributed by atoms with Crippen molar-refractivity contribution in [3.8, 4) is 0 Å². The Morgan fingerprint density at radius 2 is 1.61 bits per heavy atom. The average molecular weight is 675 g/mol. The van der Waals surface area contributed by atoms with Crippen LogP contribution in [0.25, 0.3) is 10.8 Å². The zero-order valence-electron chi connectivity index (χ0n) is 24.4. The van der Waals surface area contributed by atoms with Gasteiger partial charge in [-0.1, -0.05) is 76.6 Å². The van der Waals surface area contributed by atoms with Crippen molar-refractivity contribution < 1.29 is 19.5 Å². The fourth-order valence-corrected chi connectivity index (χ4v) is 11.0. The maximum Gasteiger partial charge on any atom is 0.251 e. The summed E-state index contributed by atoms with van der Waals surface area (Å²) in [5, 5.41) is 11.7. The van der Waals surface area contributed by atoms with Crippen LogP contribution in [0.2, 0.25) is 0 Å². The molecular formula is C35H36BrN3O4S. The molecule has 6 rings (SSSR count). The molecule has 3 aromatic carbocycles. The third kappa shape index (κ3) is 4.99. The molecule has 1 N–H and O–H groups in total. The molecule has 0 radical (unpaired) electrons. The van der Waals surface area contributed by atoms with Crippen LogP contribution in [0.15, 0.2) is 98.1 Å². The molecule has 7 nitrogen and oxygen atoms in total. The summed E-state index contributed by atoms with van der Waals surface area (Å²) in [6.07, 6.45) is 4.32. The number of fused-ring (bicyclic) bond motifs is 2. The summed E-state index contributed by atoms with van der Waals surface area (Å²) in [4.78, 5) is 48.8. The van der Waals surface area contributed by atoms with E-state index in [-0.39, 0.29) is 47.5 Å². The quantitative estimate of drug-likeness (QED) is 0.217. The van der Waals surface area contributed by atoms with E-state index in [1.165, 1.54) is 0 Å². The molecule has 0 aromatic heterocycles. The van der Waals surface area contributed by atoms with Crippen LogP contribution in [0.4, 0.5) is 11.4 Å². The number of anilines is 2. The molecule has 44 heavy (non-hydrogen) atoms. The number of alkyl halides is 1. The molecule has 0 saturated carbocycles. The van der Waals surface area contributed by atoms with Gasteiger partial charge in [-0.3, -0.25) is 14.4 Å². The summed E-state index contributed by atoms with van der Waals surface area (Å²) in [6, 6.07) is 22.5. The fraction of sp³-hybridized carbons (Fsp3) is 0.343. The Kier molecular flexibility index (Phi) is 8.72. The third-order valence-corrected chi connectivity index (χ3v) is 12.4. The Labute approximate surface area is 270 Å². The van der Waals surface area contributed by atoms with Crippen molar-refractivity contribution in [3.05, 3.63) is 98.1 Å². The van der Waals surface area contributed by atoms with E-state index in [2.05, 4.69) is 29.1 Å². The van der Waals surface area contributed by atoms with E-state index in [0.717, 1.165) is 22.1 Å². The molecular weight excluding hydrogens is 638 g/mol. The lowest BCUT2D eigenvalue weighted by molar-refractivity contribution is -0.139. The zero-order chi connectivity index (χ0) is 31.0. The van der Waals surface area contributed by atoms with Gasteiger partial charge in [-0.2, -0.15) is 0 Å². The topological polar surface area (TPSA) is 81.2 Å². The van der Waals surface area contributed by atoms with Gasteiger partial charge in [0.05, 0.1) is 16.6 Å². The Balaban J connectivity index is 1.42. The predicted octanol–water partition coefficient (Wildman–Crippen LogP) is 5.43. The number of amides is 3. The molecule has 3 aliphatic heterocycles. The average Bonchev–Trinajstić information content (AvgIpc) is 3.64. The van der Waals surface area contributed by atoms with Crippen LogP contribution in [-0.4, -0.2) is 74.8 Å². The van der Waals surface area contributed by atoms with Crippen LogP contribution < -0.4 is 9.80 Å². The van der Waals surface area contributed by atoms with Gasteiger partial charge in [-0.05, 0) is 47.9 Å². The Hall–Kier alpha value is -3.40. The van der Waals surface area contributed by atoms with Crippen LogP contribution in [-0.2, 0) is 14.4 Å². The van der Waals surface area contributed by atoms with Crippen molar-refractivity contribution in [3.63, 3.8) is 0 Å². The molecule has 2 bridgehead atoms. The van der Waals surface area contributed by atoms with Crippen LogP contribution in [0.3, 0.4) is 0 Å². The highest BCUT2D eigenvalue weighted by atomic mass is 79.9. The molecule has 9 heteroatoms. The lowest BCUT2D eigenvalue weighted by Gasteiger charge is -2.38. The number of carbonyl (C=O) groups is 3. The highest BCUT2D eigenvalue weighted by molar-refractivity contribution is 9.09. The molecule has 3 saturated heterocycles. The highest BCUT2D eigenvalue weighted by Crippen LogP contribution is 2.68. The second kappa shape index (κ2) is 12.5. The molecule has 1 spiro atoms. The summed E-state index contributed by atoms with van der Waals surface area (Å²) < 4.78 is -0.796. The number of thioether (sulfide) groups is 1. The van der Waals surface area contributed by atoms with Crippen molar-refractivity contribution in [1.29, 1.82) is 0 Å². The monoisotopic (exact) mass is 673 g/mol. The van der Waals surface area contributed by atoms with E-state index in [1.54, 1.807) is 38.6 Å². The lowest BCUT2D eigenvalue weighted by Crippen LogP contribution is -2.56. The minimum absolute atomic E-state index is 0.0477. The van der Waals surface area contributed by atoms with E-state index in [1.807, 2.05) is 72.8 Å². The first-order valence-electron chi connectivity index (χ1n) is 15.0. The third-order valence-electron chi connectivity index (χ3n) is 9.13. The molecule has 3 amide bonds. The van der Waals surface area contributed by atoms with Crippen molar-refractivity contribution in [2.45, 2.75) is 33.7 Å². The zero-order valence-corrected chi connectivity index (χ0v) is 26.8. The number of hydrogen-bond donors (Lipinski definition) is 1. The van der Waals surface area contributed by atoms with Crippen molar-refractivity contribution in [2.75, 3.05) is 36.0 Å². The number of aliphatic hydroxyl groups excluding tert-OH is 1. The number of rotatable bonds is 11. The molecule has 3 heterocycles. The summed E-state index contributed by atoms with van der Waals surface area (Å²) in [5.74, 6) is -1.79. The lowest BCUT2D eigenvalue weighted by atomic mass is 9.70. The van der Waals surface area contributed by atoms with Gasteiger partial charge in [0.15, 0.2) is 0 Å². The van der Waals surface area contributed by atoms with Gasteiger partial charge >= 0.3 is 0 Å². The van der Waals surface area contributed by atoms with E-state index in [9.17, 15) is 19.5 Å². The molecule has 3 aliphatic rings. The number of para-hydroxylation sites is 1. The van der Waals surface area contributed by atoms with Gasteiger partial charge < -0.3 is 19.8 Å². The number of nitrogens with zero attached hydrogens (tertiary/aromatic N) is 3. The van der Waals surface area contributed by atoms with Crippen molar-refractivity contribution >= 4 is 67.6 Å². The standard InChI is InChI=1S/C35H36BrN3O4S/c1-3-17-37(25-13-6-5-7-14-25)32(41)28-29-33(42)39(19-10-20-40)31(35(29)22-27(36)30(28)44-35)34(43)38(18-4-2)26-16-15-23-11-8-9-12-24(23)21-26/h3-9,11-16,21,27-31,40H,1-2,10,17-20,22H2/t27?,28-,29+,30-,31?,35?/m1/s1. The summed E-state index contributed by atoms with van der Waals surface area (Å²) in [7, 11) is 0. The number of likely N-dealkylation sites (tertiary alicyclic amines) is 1. The first kappa shape index (κ1) is 30.6. The van der Waals surface area contributed by atoms with E-state index in [0.29, 0.717) is 19.4 Å². The van der Waals surface area contributed by atoms with Crippen LogP contribution in [0.5, 0.6) is 0 Å². The highest BCUT2D eigenvalue weighted by Gasteiger charge is 2.76. The van der Waals surface area contributed by atoms with Crippen LogP contribution in [0.1, 0.15) is 12.8 Å². The Bertz CT molecular complexity index is 1600. The number of halogens is 1. The smallest absolute Gasteiger partial charge is 0.251 e. The van der Waals surface area contributed by atoms with Gasteiger partial charge in [-0.25, -0.2) is 0 Å². The number of aliphatic hydroxyl groups is 1. The summed E-state index contributed by atoms with van der Waals surface area (Å²) in [5.41, 5.74) is 1.47. The maximum absolute atomic E-state index is 14.8. The van der Waals surface area contributed by atoms with Gasteiger partial charge in [0.25, 0.3) is 5.91 Å². The molecule has 0 aliphatic carbocycles. The van der Waals surface area contributed by atoms with Gasteiger partial charge in [0, 0.05) is 47.7 Å². The molecule has 3 unspecified atom stereocenters. The van der Waals surface area contributed by atoms with E-state index in [4.69, 9.17) is 0 Å². The van der Waals surface area contributed by atoms with Crippen LogP contribution in [0, 0.1) is 11.8 Å². The second-order valence-corrected chi connectivity index (χ2v) is 14.3. The molecule has 6 atom stereocenters. The van der Waals surface area contributed by atoms with Gasteiger partial charge in [0.1, 0.15) is 6.04 Å². The Morgan fingerprint density at radius 1 is 0.955 bits per heavy atom. The fourth-order valence-electron chi connectivity index (χ4n) is 7.36. The number of benzene rings is 3. The number of carbonyl (C=O) groups excluding carboxylic acids is 3. The SMILES string of the molecule is C=CCN(C(=O)C1N(CCCO)C(=O)[C@@H]2[C@@H](C(=O)N(CC=C)c3ccccc3)[C@@H]3SC12CC3Br)c1ccc2ccccc2c1. The summed E-state index contributed by atoms with van der Waals surface area (Å²) >= 11 is 5.48. The Morgan fingerprint density at radius 3 is 2.30 bits per heavy atom.